The van der Waals surface area contributed by atoms with Gasteiger partial charge in [0.15, 0.2) is 10.9 Å². The van der Waals surface area contributed by atoms with E-state index in [1.807, 2.05) is 42.6 Å². The van der Waals surface area contributed by atoms with E-state index >= 15 is 0 Å². The molecule has 2 aromatic carbocycles. The van der Waals surface area contributed by atoms with Crippen molar-refractivity contribution in [1.29, 1.82) is 0 Å². The summed E-state index contributed by atoms with van der Waals surface area (Å²) in [6.45, 7) is 1.84. The van der Waals surface area contributed by atoms with E-state index in [-0.39, 0.29) is 17.4 Å². The molecule has 2 heterocycles. The van der Waals surface area contributed by atoms with E-state index in [1.54, 1.807) is 12.1 Å². The summed E-state index contributed by atoms with van der Waals surface area (Å²) < 4.78 is 20.9. The number of rotatable bonds is 4. The molecule has 2 atom stereocenters. The number of benzene rings is 2. The standard InChI is InChI=1S/C20H18N2O4S2/c1-11(22-28(25)26-2)12-3-5-13(6-4-12)17-16(23)8-7-15-18(17)14-9-10-27-19(14)20(24)21-15/h3-11,23,28H,1-2H3,(H,21,24). The Hall–Kier alpha value is -2.68. The number of hydrogen-bond donors (Lipinski definition) is 3. The number of aromatic amines is 1. The Labute approximate surface area is 166 Å². The molecular formula is C20H18N2O4S2. The molecule has 28 heavy (non-hydrogen) atoms. The van der Waals surface area contributed by atoms with Gasteiger partial charge in [-0.05, 0) is 41.6 Å². The van der Waals surface area contributed by atoms with Crippen LogP contribution in [0.15, 0.2) is 57.0 Å². The molecule has 0 spiro atoms. The molecule has 0 aliphatic heterocycles. The number of nitrogens with zero attached hydrogens (tertiary/aromatic N) is 1. The van der Waals surface area contributed by atoms with Gasteiger partial charge in [-0.25, -0.2) is 8.57 Å². The zero-order valence-corrected chi connectivity index (χ0v) is 16.9. The fraction of sp³-hybridized carbons (Fsp3) is 0.150. The Morgan fingerprint density at radius 3 is 2.64 bits per heavy atom. The number of phenolic OH excluding ortho intramolecular Hbond substituents is 1. The van der Waals surface area contributed by atoms with Crippen LogP contribution in [-0.2, 0) is 15.1 Å². The van der Waals surface area contributed by atoms with Crippen molar-refractivity contribution >= 4 is 43.2 Å². The quantitative estimate of drug-likeness (QED) is 0.432. The Kier molecular flexibility index (Phi) is 4.92. The van der Waals surface area contributed by atoms with E-state index in [2.05, 4.69) is 9.35 Å². The molecule has 2 N–H and O–H groups in total. The van der Waals surface area contributed by atoms with Gasteiger partial charge in [0.25, 0.3) is 5.56 Å². The van der Waals surface area contributed by atoms with Crippen LogP contribution in [0.4, 0.5) is 0 Å². The minimum absolute atomic E-state index is 0.132. The van der Waals surface area contributed by atoms with Crippen LogP contribution in [0.5, 0.6) is 5.75 Å². The number of nitrogens with one attached hydrogen (secondary N) is 1. The first-order valence-electron chi connectivity index (χ1n) is 8.57. The number of fused-ring (bicyclic) bond motifs is 3. The van der Waals surface area contributed by atoms with Crippen molar-refractivity contribution in [3.05, 3.63) is 63.8 Å². The summed E-state index contributed by atoms with van der Waals surface area (Å²) >= 11 is 1.38. The Morgan fingerprint density at radius 1 is 1.18 bits per heavy atom. The van der Waals surface area contributed by atoms with Gasteiger partial charge in [0.2, 0.25) is 0 Å². The van der Waals surface area contributed by atoms with E-state index in [0.29, 0.717) is 15.8 Å². The smallest absolute Gasteiger partial charge is 0.266 e. The maximum absolute atomic E-state index is 12.3. The normalized spacial score (nSPS) is 13.9. The summed E-state index contributed by atoms with van der Waals surface area (Å²) in [6.07, 6.45) is 0. The fourth-order valence-corrected chi connectivity index (χ4v) is 4.62. The molecule has 0 aliphatic rings. The second kappa shape index (κ2) is 7.38. The van der Waals surface area contributed by atoms with Gasteiger partial charge in [-0.15, -0.1) is 11.3 Å². The van der Waals surface area contributed by atoms with Crippen molar-refractivity contribution in [3.63, 3.8) is 0 Å². The fourth-order valence-electron chi connectivity index (χ4n) is 3.31. The van der Waals surface area contributed by atoms with Crippen molar-refractivity contribution in [2.24, 2.45) is 4.36 Å². The van der Waals surface area contributed by atoms with Gasteiger partial charge < -0.3 is 10.1 Å². The summed E-state index contributed by atoms with van der Waals surface area (Å²) in [5.41, 5.74) is 2.91. The molecule has 0 aliphatic carbocycles. The van der Waals surface area contributed by atoms with E-state index in [0.717, 1.165) is 21.9 Å². The highest BCUT2D eigenvalue weighted by Crippen LogP contribution is 2.39. The first-order chi connectivity index (χ1) is 13.5. The zero-order valence-electron chi connectivity index (χ0n) is 15.2. The lowest BCUT2D eigenvalue weighted by atomic mass is 9.96. The molecule has 144 valence electrons. The predicted molar refractivity (Wildman–Crippen MR) is 114 cm³/mol. The minimum atomic E-state index is -2.04. The van der Waals surface area contributed by atoms with Crippen LogP contribution in [0.2, 0.25) is 0 Å². The molecule has 2 unspecified atom stereocenters. The van der Waals surface area contributed by atoms with Crippen LogP contribution in [0.1, 0.15) is 18.5 Å². The van der Waals surface area contributed by atoms with Gasteiger partial charge in [0, 0.05) is 21.9 Å². The average Bonchev–Trinajstić information content (AvgIpc) is 3.19. The van der Waals surface area contributed by atoms with Crippen molar-refractivity contribution in [2.45, 2.75) is 13.0 Å². The van der Waals surface area contributed by atoms with Crippen LogP contribution >= 0.6 is 11.3 Å². The second-order valence-corrected chi connectivity index (χ2v) is 8.32. The van der Waals surface area contributed by atoms with Crippen molar-refractivity contribution in [2.75, 3.05) is 7.11 Å². The van der Waals surface area contributed by atoms with Crippen molar-refractivity contribution < 1.29 is 13.5 Å². The molecular weight excluding hydrogens is 396 g/mol. The highest BCUT2D eigenvalue weighted by atomic mass is 32.2. The highest BCUT2D eigenvalue weighted by molar-refractivity contribution is 7.69. The molecule has 0 radical (unpaired) electrons. The van der Waals surface area contributed by atoms with E-state index < -0.39 is 10.9 Å². The number of phenols is 1. The number of hydrogen-bond acceptors (Lipinski definition) is 6. The van der Waals surface area contributed by atoms with Crippen LogP contribution in [0.25, 0.3) is 32.1 Å². The SMILES string of the molecule is CO[SH](=O)=NC(C)c1ccc(-c2c(O)ccc3[nH]c(=O)c4sccc4c23)cc1. The van der Waals surface area contributed by atoms with E-state index in [4.69, 9.17) is 4.18 Å². The number of aromatic hydroxyl groups is 1. The average molecular weight is 415 g/mol. The summed E-state index contributed by atoms with van der Waals surface area (Å²) in [7, 11) is -0.679. The third kappa shape index (κ3) is 3.19. The first-order valence-corrected chi connectivity index (χ1v) is 10.6. The summed E-state index contributed by atoms with van der Waals surface area (Å²) in [5.74, 6) is 0.139. The van der Waals surface area contributed by atoms with Gasteiger partial charge in [0.1, 0.15) is 10.4 Å². The summed E-state index contributed by atoms with van der Waals surface area (Å²) in [4.78, 5) is 15.2. The van der Waals surface area contributed by atoms with Crippen LogP contribution in [0.3, 0.4) is 0 Å². The summed E-state index contributed by atoms with van der Waals surface area (Å²) in [5, 5.41) is 14.1. The molecule has 0 amide bonds. The number of pyridine rings is 1. The Bertz CT molecular complexity index is 1320. The molecule has 0 bridgehead atoms. The summed E-state index contributed by atoms with van der Waals surface area (Å²) in [6, 6.07) is 12.5. The number of H-pyrrole nitrogens is 1. The maximum atomic E-state index is 12.3. The van der Waals surface area contributed by atoms with Gasteiger partial charge >= 0.3 is 0 Å². The Morgan fingerprint density at radius 2 is 1.93 bits per heavy atom. The van der Waals surface area contributed by atoms with Gasteiger partial charge in [0.05, 0.1) is 13.2 Å². The van der Waals surface area contributed by atoms with Crippen molar-refractivity contribution in [3.8, 4) is 16.9 Å². The van der Waals surface area contributed by atoms with E-state index in [1.165, 1.54) is 18.4 Å². The number of aromatic nitrogens is 1. The van der Waals surface area contributed by atoms with Gasteiger partial charge in [-0.1, -0.05) is 24.3 Å². The number of thiol groups is 1. The molecule has 4 aromatic rings. The molecule has 0 saturated carbocycles. The molecule has 8 heteroatoms. The molecule has 0 fully saturated rings. The third-order valence-electron chi connectivity index (χ3n) is 4.68. The topological polar surface area (TPSA) is 91.8 Å². The maximum Gasteiger partial charge on any atom is 0.266 e. The molecule has 2 aromatic heterocycles. The molecule has 4 rings (SSSR count). The predicted octanol–water partition coefficient (Wildman–Crippen LogP) is 4.40. The van der Waals surface area contributed by atoms with Crippen LogP contribution in [0, 0.1) is 0 Å². The lowest BCUT2D eigenvalue weighted by Crippen LogP contribution is -2.04. The lowest BCUT2D eigenvalue weighted by Gasteiger charge is -2.12. The minimum Gasteiger partial charge on any atom is -0.507 e. The third-order valence-corrected chi connectivity index (χ3v) is 6.44. The molecule has 6 nitrogen and oxygen atoms in total. The lowest BCUT2D eigenvalue weighted by molar-refractivity contribution is 0.450. The molecule has 0 saturated heterocycles. The van der Waals surface area contributed by atoms with Gasteiger partial charge in [-0.2, -0.15) is 0 Å². The second-order valence-electron chi connectivity index (χ2n) is 6.33. The van der Waals surface area contributed by atoms with Crippen LogP contribution in [-0.4, -0.2) is 21.4 Å². The van der Waals surface area contributed by atoms with Crippen LogP contribution < -0.4 is 5.56 Å². The zero-order chi connectivity index (χ0) is 19.8. The van der Waals surface area contributed by atoms with Crippen molar-refractivity contribution in [1.82, 2.24) is 4.98 Å². The largest absolute Gasteiger partial charge is 0.507 e. The monoisotopic (exact) mass is 414 g/mol. The number of thiophene rings is 1. The van der Waals surface area contributed by atoms with E-state index in [9.17, 15) is 14.1 Å². The first kappa shape index (κ1) is 18.7. The van der Waals surface area contributed by atoms with Gasteiger partial charge in [-0.3, -0.25) is 8.98 Å². The highest BCUT2D eigenvalue weighted by Gasteiger charge is 2.15. The Balaban J connectivity index is 1.90.